The van der Waals surface area contributed by atoms with Gasteiger partial charge >= 0.3 is 0 Å². The highest BCUT2D eigenvalue weighted by Crippen LogP contribution is 2.32. The SMILES string of the molecule is OCc1ccc(-c2ccc3[nH]cc(-c4cncc(O[C@@H]5CCCNC5)n4)c3c2)cc1. The highest BCUT2D eigenvalue weighted by molar-refractivity contribution is 5.97. The molecule has 6 nitrogen and oxygen atoms in total. The van der Waals surface area contributed by atoms with Crippen molar-refractivity contribution in [3.8, 4) is 28.3 Å². The molecule has 0 bridgehead atoms. The molecule has 1 fully saturated rings. The van der Waals surface area contributed by atoms with Crippen LogP contribution in [0.5, 0.6) is 5.88 Å². The second-order valence-corrected chi connectivity index (χ2v) is 7.65. The van der Waals surface area contributed by atoms with Crippen molar-refractivity contribution in [2.24, 2.45) is 0 Å². The first-order chi connectivity index (χ1) is 14.8. The monoisotopic (exact) mass is 400 g/mol. The van der Waals surface area contributed by atoms with Gasteiger partial charge in [0.1, 0.15) is 6.10 Å². The third-order valence-electron chi connectivity index (χ3n) is 5.58. The van der Waals surface area contributed by atoms with E-state index in [9.17, 15) is 5.11 Å². The van der Waals surface area contributed by atoms with E-state index in [2.05, 4.69) is 33.5 Å². The van der Waals surface area contributed by atoms with Gasteiger partial charge in [-0.3, -0.25) is 4.98 Å². The summed E-state index contributed by atoms with van der Waals surface area (Å²) >= 11 is 0. The Morgan fingerprint density at radius 3 is 2.73 bits per heavy atom. The minimum Gasteiger partial charge on any atom is -0.472 e. The molecule has 1 saturated heterocycles. The first-order valence-corrected chi connectivity index (χ1v) is 10.3. The van der Waals surface area contributed by atoms with Gasteiger partial charge in [-0.2, -0.15) is 0 Å². The lowest BCUT2D eigenvalue weighted by Gasteiger charge is -2.23. The molecule has 0 aliphatic carbocycles. The van der Waals surface area contributed by atoms with Crippen molar-refractivity contribution in [1.29, 1.82) is 0 Å². The predicted octanol–water partition coefficient (Wildman–Crippen LogP) is 3.92. The first kappa shape index (κ1) is 18.8. The molecule has 1 aliphatic heterocycles. The quantitative estimate of drug-likeness (QED) is 0.473. The van der Waals surface area contributed by atoms with Crippen LogP contribution in [0.25, 0.3) is 33.3 Å². The van der Waals surface area contributed by atoms with Crippen molar-refractivity contribution in [1.82, 2.24) is 20.3 Å². The van der Waals surface area contributed by atoms with Gasteiger partial charge in [-0.25, -0.2) is 4.98 Å². The summed E-state index contributed by atoms with van der Waals surface area (Å²) in [5, 5.41) is 13.7. The van der Waals surface area contributed by atoms with E-state index in [4.69, 9.17) is 9.72 Å². The number of aromatic amines is 1. The number of H-pyrrole nitrogens is 1. The maximum Gasteiger partial charge on any atom is 0.233 e. The largest absolute Gasteiger partial charge is 0.472 e. The molecule has 3 N–H and O–H groups in total. The smallest absolute Gasteiger partial charge is 0.233 e. The maximum absolute atomic E-state index is 9.27. The zero-order valence-corrected chi connectivity index (χ0v) is 16.6. The number of hydrogen-bond donors (Lipinski definition) is 3. The molecule has 3 heterocycles. The molecule has 0 amide bonds. The van der Waals surface area contributed by atoms with E-state index in [0.717, 1.165) is 64.8 Å². The van der Waals surface area contributed by atoms with Gasteiger partial charge in [0.2, 0.25) is 5.88 Å². The summed E-state index contributed by atoms with van der Waals surface area (Å²) < 4.78 is 6.05. The molecule has 5 rings (SSSR count). The van der Waals surface area contributed by atoms with Crippen LogP contribution < -0.4 is 10.1 Å². The summed E-state index contributed by atoms with van der Waals surface area (Å²) in [6, 6.07) is 14.3. The maximum atomic E-state index is 9.27. The van der Waals surface area contributed by atoms with Gasteiger partial charge in [-0.05, 0) is 48.2 Å². The second kappa shape index (κ2) is 8.26. The Hall–Kier alpha value is -3.22. The van der Waals surface area contributed by atoms with E-state index in [0.29, 0.717) is 5.88 Å². The normalized spacial score (nSPS) is 16.6. The number of rotatable bonds is 5. The minimum absolute atomic E-state index is 0.0509. The number of fused-ring (bicyclic) bond motifs is 1. The molecule has 6 heteroatoms. The van der Waals surface area contributed by atoms with E-state index in [1.54, 1.807) is 12.4 Å². The lowest BCUT2D eigenvalue weighted by Crippen LogP contribution is -2.37. The Balaban J connectivity index is 1.47. The van der Waals surface area contributed by atoms with E-state index in [1.807, 2.05) is 30.5 Å². The highest BCUT2D eigenvalue weighted by atomic mass is 16.5. The first-order valence-electron chi connectivity index (χ1n) is 10.3. The molecule has 4 aromatic rings. The molecular formula is C24H24N4O2. The Morgan fingerprint density at radius 2 is 1.93 bits per heavy atom. The van der Waals surface area contributed by atoms with Crippen LogP contribution in [0.2, 0.25) is 0 Å². The molecule has 0 radical (unpaired) electrons. The molecule has 0 unspecified atom stereocenters. The Labute approximate surface area is 175 Å². The van der Waals surface area contributed by atoms with Crippen LogP contribution in [0.15, 0.2) is 61.1 Å². The third-order valence-corrected chi connectivity index (χ3v) is 5.58. The molecule has 0 saturated carbocycles. The molecule has 152 valence electrons. The summed E-state index contributed by atoms with van der Waals surface area (Å²) in [6.07, 6.45) is 7.71. The van der Waals surface area contributed by atoms with E-state index >= 15 is 0 Å². The number of ether oxygens (including phenoxy) is 1. The lowest BCUT2D eigenvalue weighted by molar-refractivity contribution is 0.160. The molecule has 1 atom stereocenters. The van der Waals surface area contributed by atoms with E-state index < -0.39 is 0 Å². The lowest BCUT2D eigenvalue weighted by atomic mass is 10.0. The number of nitrogens with zero attached hydrogens (tertiary/aromatic N) is 2. The summed E-state index contributed by atoms with van der Waals surface area (Å²) in [4.78, 5) is 12.4. The Kier molecular flexibility index (Phi) is 5.17. The van der Waals surface area contributed by atoms with Gasteiger partial charge in [0.25, 0.3) is 0 Å². The van der Waals surface area contributed by atoms with Gasteiger partial charge in [-0.15, -0.1) is 0 Å². The predicted molar refractivity (Wildman–Crippen MR) is 117 cm³/mol. The summed E-state index contributed by atoms with van der Waals surface area (Å²) in [5.41, 5.74) is 5.96. The van der Waals surface area contributed by atoms with Crippen molar-refractivity contribution < 1.29 is 9.84 Å². The molecule has 30 heavy (non-hydrogen) atoms. The van der Waals surface area contributed by atoms with Gasteiger partial charge in [0.05, 0.1) is 24.7 Å². The molecule has 2 aromatic heterocycles. The number of aliphatic hydroxyl groups is 1. The van der Waals surface area contributed by atoms with Crippen LogP contribution in [-0.2, 0) is 6.61 Å². The molecule has 2 aromatic carbocycles. The van der Waals surface area contributed by atoms with Crippen molar-refractivity contribution in [3.05, 3.63) is 66.6 Å². The van der Waals surface area contributed by atoms with Gasteiger partial charge < -0.3 is 20.1 Å². The van der Waals surface area contributed by atoms with Crippen molar-refractivity contribution in [3.63, 3.8) is 0 Å². The minimum atomic E-state index is 0.0509. The number of piperidine rings is 1. The van der Waals surface area contributed by atoms with Crippen molar-refractivity contribution in [2.75, 3.05) is 13.1 Å². The Bertz CT molecular complexity index is 1150. The van der Waals surface area contributed by atoms with Crippen LogP contribution in [-0.4, -0.2) is 39.3 Å². The average molecular weight is 400 g/mol. The van der Waals surface area contributed by atoms with Crippen LogP contribution in [0.3, 0.4) is 0 Å². The van der Waals surface area contributed by atoms with Crippen molar-refractivity contribution >= 4 is 10.9 Å². The number of nitrogens with one attached hydrogen (secondary N) is 2. The summed E-state index contributed by atoms with van der Waals surface area (Å²) in [5.74, 6) is 0.561. The number of aromatic nitrogens is 3. The summed E-state index contributed by atoms with van der Waals surface area (Å²) in [7, 11) is 0. The average Bonchev–Trinajstić information content (AvgIpc) is 3.23. The number of aliphatic hydroxyl groups excluding tert-OH is 1. The van der Waals surface area contributed by atoms with E-state index in [1.165, 1.54) is 0 Å². The fourth-order valence-corrected chi connectivity index (χ4v) is 3.94. The third kappa shape index (κ3) is 3.79. The van der Waals surface area contributed by atoms with Crippen molar-refractivity contribution in [2.45, 2.75) is 25.6 Å². The fourth-order valence-electron chi connectivity index (χ4n) is 3.94. The van der Waals surface area contributed by atoms with Crippen LogP contribution >= 0.6 is 0 Å². The highest BCUT2D eigenvalue weighted by Gasteiger charge is 2.16. The number of hydrogen-bond acceptors (Lipinski definition) is 5. The topological polar surface area (TPSA) is 83.1 Å². The van der Waals surface area contributed by atoms with Crippen LogP contribution in [0.1, 0.15) is 18.4 Å². The van der Waals surface area contributed by atoms with Crippen LogP contribution in [0, 0.1) is 0 Å². The zero-order chi connectivity index (χ0) is 20.3. The number of benzene rings is 2. The van der Waals surface area contributed by atoms with Crippen LogP contribution in [0.4, 0.5) is 0 Å². The molecule has 0 spiro atoms. The zero-order valence-electron chi connectivity index (χ0n) is 16.6. The molecular weight excluding hydrogens is 376 g/mol. The van der Waals surface area contributed by atoms with Gasteiger partial charge in [-0.1, -0.05) is 30.3 Å². The Morgan fingerprint density at radius 1 is 1.07 bits per heavy atom. The van der Waals surface area contributed by atoms with Gasteiger partial charge in [0.15, 0.2) is 0 Å². The van der Waals surface area contributed by atoms with Gasteiger partial charge in [0, 0.05) is 29.2 Å². The summed E-state index contributed by atoms with van der Waals surface area (Å²) in [6.45, 7) is 1.94. The second-order valence-electron chi connectivity index (χ2n) is 7.65. The standard InChI is InChI=1S/C24H24N4O2/c29-15-16-3-5-17(6-4-16)18-7-8-22-20(10-18)21(12-27-22)23-13-26-14-24(28-23)30-19-2-1-9-25-11-19/h3-8,10,12-14,19,25,27,29H,1-2,9,11,15H2/t19-/m1/s1. The molecule has 1 aliphatic rings. The van der Waals surface area contributed by atoms with E-state index in [-0.39, 0.29) is 12.7 Å². The fraction of sp³-hybridized carbons (Fsp3) is 0.250.